The third-order valence-corrected chi connectivity index (χ3v) is 3.25. The van der Waals surface area contributed by atoms with Crippen LogP contribution in [0.5, 0.6) is 0 Å². The van der Waals surface area contributed by atoms with E-state index in [4.69, 9.17) is 10.8 Å². The van der Waals surface area contributed by atoms with Crippen molar-refractivity contribution < 1.29 is 5.11 Å². The van der Waals surface area contributed by atoms with Crippen molar-refractivity contribution in [3.63, 3.8) is 0 Å². The predicted molar refractivity (Wildman–Crippen MR) is 45.1 cm³/mol. The van der Waals surface area contributed by atoms with Crippen LogP contribution in [0.15, 0.2) is 0 Å². The molecule has 3 heteroatoms. The molecule has 1 aliphatic heterocycles. The monoisotopic (exact) mass is 161 g/mol. The number of aliphatic hydroxyl groups excluding tert-OH is 1. The molecule has 3 N–H and O–H groups in total. The lowest BCUT2D eigenvalue weighted by molar-refractivity contribution is 0.228. The summed E-state index contributed by atoms with van der Waals surface area (Å²) in [6.45, 7) is 0.144. The van der Waals surface area contributed by atoms with Crippen molar-refractivity contribution in [1.29, 1.82) is 0 Å². The van der Waals surface area contributed by atoms with E-state index in [0.29, 0.717) is 5.92 Å². The number of aliphatic hydroxyl groups is 1. The molecule has 1 rings (SSSR count). The van der Waals surface area contributed by atoms with Crippen LogP contribution in [-0.2, 0) is 0 Å². The summed E-state index contributed by atoms with van der Waals surface area (Å²) in [4.78, 5) is 0. The van der Waals surface area contributed by atoms with Crippen LogP contribution in [0.25, 0.3) is 0 Å². The minimum atomic E-state index is 0.0211. The first-order chi connectivity index (χ1) is 4.84. The summed E-state index contributed by atoms with van der Waals surface area (Å²) in [7, 11) is 0. The predicted octanol–water partition coefficient (Wildman–Crippen LogP) is 0.449. The van der Waals surface area contributed by atoms with Crippen molar-refractivity contribution in [2.24, 2.45) is 11.7 Å². The van der Waals surface area contributed by atoms with E-state index >= 15 is 0 Å². The van der Waals surface area contributed by atoms with Crippen LogP contribution in [0.3, 0.4) is 0 Å². The molecule has 1 aliphatic rings. The Balaban J connectivity index is 2.24. The van der Waals surface area contributed by atoms with E-state index in [0.717, 1.165) is 5.75 Å². The lowest BCUT2D eigenvalue weighted by atomic mass is 9.98. The Morgan fingerprint density at radius 2 is 2.50 bits per heavy atom. The lowest BCUT2D eigenvalue weighted by Gasteiger charge is -2.25. The molecule has 0 saturated carbocycles. The number of thioether (sulfide) groups is 1. The summed E-state index contributed by atoms with van der Waals surface area (Å²) in [6.07, 6.45) is 2.47. The van der Waals surface area contributed by atoms with Crippen LogP contribution in [0.4, 0.5) is 0 Å². The highest BCUT2D eigenvalue weighted by atomic mass is 32.2. The smallest absolute Gasteiger partial charge is 0.0585 e. The molecule has 0 spiro atoms. The highest BCUT2D eigenvalue weighted by Gasteiger charge is 2.19. The van der Waals surface area contributed by atoms with Gasteiger partial charge in [0.1, 0.15) is 0 Å². The normalized spacial score (nSPS) is 30.0. The van der Waals surface area contributed by atoms with E-state index in [1.54, 1.807) is 0 Å². The average Bonchev–Trinajstić information content (AvgIpc) is 2.05. The summed E-state index contributed by atoms with van der Waals surface area (Å²) in [6, 6.07) is 0.0211. The summed E-state index contributed by atoms with van der Waals surface area (Å²) in [5.74, 6) is 2.97. The Bertz CT molecular complexity index is 93.6. The molecule has 60 valence electrons. The quantitative estimate of drug-likeness (QED) is 0.618. The molecule has 0 radical (unpaired) electrons. The van der Waals surface area contributed by atoms with Gasteiger partial charge >= 0.3 is 0 Å². The molecular formula is C7H15NOS. The first-order valence-corrected chi connectivity index (χ1v) is 4.94. The lowest BCUT2D eigenvalue weighted by Crippen LogP contribution is -2.36. The summed E-state index contributed by atoms with van der Waals surface area (Å²) >= 11 is 1.96. The van der Waals surface area contributed by atoms with E-state index in [-0.39, 0.29) is 12.6 Å². The second-order valence-corrected chi connectivity index (χ2v) is 3.97. The molecule has 1 fully saturated rings. The van der Waals surface area contributed by atoms with Gasteiger partial charge in [-0.1, -0.05) is 0 Å². The fourth-order valence-corrected chi connectivity index (χ4v) is 2.51. The second-order valence-electron chi connectivity index (χ2n) is 2.82. The molecule has 1 saturated heterocycles. The van der Waals surface area contributed by atoms with Crippen molar-refractivity contribution in [1.82, 2.24) is 0 Å². The van der Waals surface area contributed by atoms with E-state index in [2.05, 4.69) is 0 Å². The van der Waals surface area contributed by atoms with Crippen molar-refractivity contribution in [3.8, 4) is 0 Å². The number of nitrogens with two attached hydrogens (primary N) is 1. The molecular weight excluding hydrogens is 146 g/mol. The largest absolute Gasteiger partial charge is 0.395 e. The Morgan fingerprint density at radius 3 is 3.00 bits per heavy atom. The molecule has 2 nitrogen and oxygen atoms in total. The van der Waals surface area contributed by atoms with Gasteiger partial charge in [-0.25, -0.2) is 0 Å². The Morgan fingerprint density at radius 1 is 1.70 bits per heavy atom. The maximum atomic E-state index is 8.75. The maximum absolute atomic E-state index is 8.75. The van der Waals surface area contributed by atoms with Crippen molar-refractivity contribution in [3.05, 3.63) is 0 Å². The van der Waals surface area contributed by atoms with Crippen LogP contribution in [0.2, 0.25) is 0 Å². The third-order valence-electron chi connectivity index (χ3n) is 2.01. The molecule has 0 aromatic rings. The summed E-state index contributed by atoms with van der Waals surface area (Å²) in [5.41, 5.74) is 5.68. The SMILES string of the molecule is N[C@@H](CO)C1CCCSC1. The maximum Gasteiger partial charge on any atom is 0.0585 e. The second kappa shape index (κ2) is 4.21. The molecule has 1 heterocycles. The Kier molecular flexibility index (Phi) is 3.52. The van der Waals surface area contributed by atoms with Gasteiger partial charge in [-0.05, 0) is 30.3 Å². The van der Waals surface area contributed by atoms with Gasteiger partial charge in [-0.15, -0.1) is 0 Å². The molecule has 0 amide bonds. The van der Waals surface area contributed by atoms with Crippen molar-refractivity contribution in [2.45, 2.75) is 18.9 Å². The zero-order valence-electron chi connectivity index (χ0n) is 6.12. The molecule has 10 heavy (non-hydrogen) atoms. The minimum Gasteiger partial charge on any atom is -0.395 e. The summed E-state index contributed by atoms with van der Waals surface area (Å²) < 4.78 is 0. The highest BCUT2D eigenvalue weighted by Crippen LogP contribution is 2.23. The first kappa shape index (κ1) is 8.37. The molecule has 0 aliphatic carbocycles. The van der Waals surface area contributed by atoms with Crippen LogP contribution in [0.1, 0.15) is 12.8 Å². The van der Waals surface area contributed by atoms with Crippen LogP contribution in [0, 0.1) is 5.92 Å². The average molecular weight is 161 g/mol. The molecule has 0 aromatic heterocycles. The Labute approximate surface area is 66.2 Å². The number of hydrogen-bond acceptors (Lipinski definition) is 3. The van der Waals surface area contributed by atoms with Crippen LogP contribution in [-0.4, -0.2) is 29.3 Å². The topological polar surface area (TPSA) is 46.2 Å². The zero-order chi connectivity index (χ0) is 7.40. The molecule has 2 atom stereocenters. The summed E-state index contributed by atoms with van der Waals surface area (Å²) in [5, 5.41) is 8.75. The number of hydrogen-bond donors (Lipinski definition) is 2. The van der Waals surface area contributed by atoms with Gasteiger partial charge in [0.05, 0.1) is 6.61 Å². The van der Waals surface area contributed by atoms with E-state index in [1.165, 1.54) is 18.6 Å². The van der Waals surface area contributed by atoms with Gasteiger partial charge in [-0.3, -0.25) is 0 Å². The van der Waals surface area contributed by atoms with E-state index < -0.39 is 0 Å². The third kappa shape index (κ3) is 2.15. The van der Waals surface area contributed by atoms with Crippen molar-refractivity contribution >= 4 is 11.8 Å². The van der Waals surface area contributed by atoms with Crippen LogP contribution < -0.4 is 5.73 Å². The molecule has 1 unspecified atom stereocenters. The van der Waals surface area contributed by atoms with Gasteiger partial charge in [0.2, 0.25) is 0 Å². The zero-order valence-corrected chi connectivity index (χ0v) is 6.94. The standard InChI is InChI=1S/C7H15NOS/c8-7(4-9)6-2-1-3-10-5-6/h6-7,9H,1-5,8H2/t6?,7-/m0/s1. The highest BCUT2D eigenvalue weighted by molar-refractivity contribution is 7.99. The van der Waals surface area contributed by atoms with Gasteiger partial charge in [0, 0.05) is 6.04 Å². The Hall–Kier alpha value is 0.270. The molecule has 0 bridgehead atoms. The van der Waals surface area contributed by atoms with Gasteiger partial charge in [0.15, 0.2) is 0 Å². The van der Waals surface area contributed by atoms with Gasteiger partial charge in [-0.2, -0.15) is 11.8 Å². The fraction of sp³-hybridized carbons (Fsp3) is 1.00. The van der Waals surface area contributed by atoms with E-state index in [1.807, 2.05) is 11.8 Å². The van der Waals surface area contributed by atoms with Gasteiger partial charge < -0.3 is 10.8 Å². The van der Waals surface area contributed by atoms with E-state index in [9.17, 15) is 0 Å². The number of rotatable bonds is 2. The minimum absolute atomic E-state index is 0.0211. The first-order valence-electron chi connectivity index (χ1n) is 3.78. The van der Waals surface area contributed by atoms with Gasteiger partial charge in [0.25, 0.3) is 0 Å². The molecule has 0 aromatic carbocycles. The fourth-order valence-electron chi connectivity index (χ4n) is 1.25. The van der Waals surface area contributed by atoms with Crippen LogP contribution >= 0.6 is 11.8 Å². The van der Waals surface area contributed by atoms with Crippen molar-refractivity contribution in [2.75, 3.05) is 18.1 Å².